The first-order valence-corrected chi connectivity index (χ1v) is 4.59. The maximum absolute atomic E-state index is 12.9. The number of hydrogen-bond acceptors (Lipinski definition) is 1. The molecule has 0 radical (unpaired) electrons. The Morgan fingerprint density at radius 3 is 2.57 bits per heavy atom. The zero-order valence-electron chi connectivity index (χ0n) is 8.39. The SMILES string of the molecule is COCCC(C)c1ccc(F)c(F)c1. The van der Waals surface area contributed by atoms with Crippen molar-refractivity contribution >= 4 is 0 Å². The van der Waals surface area contributed by atoms with Crippen molar-refractivity contribution in [1.82, 2.24) is 0 Å². The zero-order valence-corrected chi connectivity index (χ0v) is 8.39. The highest BCUT2D eigenvalue weighted by Crippen LogP contribution is 2.20. The minimum atomic E-state index is -0.798. The van der Waals surface area contributed by atoms with Gasteiger partial charge in [-0.15, -0.1) is 0 Å². The number of hydrogen-bond donors (Lipinski definition) is 0. The molecule has 1 aromatic carbocycles. The van der Waals surface area contributed by atoms with Crippen molar-refractivity contribution in [2.75, 3.05) is 13.7 Å². The van der Waals surface area contributed by atoms with E-state index in [0.29, 0.717) is 6.61 Å². The van der Waals surface area contributed by atoms with E-state index in [9.17, 15) is 8.78 Å². The molecule has 0 saturated carbocycles. The minimum absolute atomic E-state index is 0.185. The zero-order chi connectivity index (χ0) is 10.6. The normalized spacial score (nSPS) is 12.9. The van der Waals surface area contributed by atoms with Crippen LogP contribution in [-0.2, 0) is 4.74 Å². The van der Waals surface area contributed by atoms with E-state index in [1.54, 1.807) is 13.2 Å². The van der Waals surface area contributed by atoms with Crippen LogP contribution in [0.2, 0.25) is 0 Å². The summed E-state index contributed by atoms with van der Waals surface area (Å²) in [5.74, 6) is -1.40. The number of rotatable bonds is 4. The Labute approximate surface area is 82.7 Å². The topological polar surface area (TPSA) is 9.23 Å². The molecule has 0 aliphatic heterocycles. The standard InChI is InChI=1S/C11H14F2O/c1-8(5-6-14-2)9-3-4-10(12)11(13)7-9/h3-4,7-8H,5-6H2,1-2H3. The van der Waals surface area contributed by atoms with Crippen LogP contribution in [0.4, 0.5) is 8.78 Å². The third-order valence-corrected chi connectivity index (χ3v) is 2.27. The molecule has 0 fully saturated rings. The molecule has 0 heterocycles. The molecule has 14 heavy (non-hydrogen) atoms. The van der Waals surface area contributed by atoms with Gasteiger partial charge in [0.1, 0.15) is 0 Å². The first-order valence-electron chi connectivity index (χ1n) is 4.59. The summed E-state index contributed by atoms with van der Waals surface area (Å²) in [5, 5.41) is 0. The molecule has 0 spiro atoms. The molecule has 0 saturated heterocycles. The van der Waals surface area contributed by atoms with E-state index in [4.69, 9.17) is 4.74 Å². The molecule has 1 aromatic rings. The Hall–Kier alpha value is -0.960. The fourth-order valence-electron chi connectivity index (χ4n) is 1.28. The van der Waals surface area contributed by atoms with E-state index in [1.165, 1.54) is 6.07 Å². The summed E-state index contributed by atoms with van der Waals surface area (Å²) in [4.78, 5) is 0. The van der Waals surface area contributed by atoms with E-state index >= 15 is 0 Å². The highest BCUT2D eigenvalue weighted by molar-refractivity contribution is 5.21. The van der Waals surface area contributed by atoms with E-state index in [0.717, 1.165) is 18.1 Å². The van der Waals surface area contributed by atoms with Gasteiger partial charge in [-0.05, 0) is 30.0 Å². The van der Waals surface area contributed by atoms with Crippen molar-refractivity contribution in [2.45, 2.75) is 19.3 Å². The highest BCUT2D eigenvalue weighted by Gasteiger charge is 2.08. The van der Waals surface area contributed by atoms with Gasteiger partial charge in [0, 0.05) is 13.7 Å². The van der Waals surface area contributed by atoms with E-state index in [1.807, 2.05) is 6.92 Å². The lowest BCUT2D eigenvalue weighted by Gasteiger charge is -2.11. The second kappa shape index (κ2) is 5.05. The maximum Gasteiger partial charge on any atom is 0.159 e. The minimum Gasteiger partial charge on any atom is -0.385 e. The molecule has 0 amide bonds. The van der Waals surface area contributed by atoms with Gasteiger partial charge in [-0.1, -0.05) is 13.0 Å². The molecular formula is C11H14F2O. The molecule has 0 aromatic heterocycles. The summed E-state index contributed by atoms with van der Waals surface area (Å²) < 4.78 is 30.4. The van der Waals surface area contributed by atoms with Gasteiger partial charge in [0.05, 0.1) is 0 Å². The monoisotopic (exact) mass is 200 g/mol. The third kappa shape index (κ3) is 2.77. The second-order valence-corrected chi connectivity index (χ2v) is 3.36. The Morgan fingerprint density at radius 2 is 2.00 bits per heavy atom. The predicted octanol–water partition coefficient (Wildman–Crippen LogP) is 3.10. The van der Waals surface area contributed by atoms with Crippen LogP contribution < -0.4 is 0 Å². The maximum atomic E-state index is 12.9. The molecule has 1 atom stereocenters. The lowest BCUT2D eigenvalue weighted by molar-refractivity contribution is 0.189. The van der Waals surface area contributed by atoms with Crippen molar-refractivity contribution < 1.29 is 13.5 Å². The molecule has 0 N–H and O–H groups in total. The summed E-state index contributed by atoms with van der Waals surface area (Å²) in [7, 11) is 1.62. The van der Waals surface area contributed by atoms with Crippen LogP contribution in [0.3, 0.4) is 0 Å². The smallest absolute Gasteiger partial charge is 0.159 e. The molecule has 1 rings (SSSR count). The van der Waals surface area contributed by atoms with Crippen LogP contribution in [0.1, 0.15) is 24.8 Å². The average molecular weight is 200 g/mol. The molecular weight excluding hydrogens is 186 g/mol. The fraction of sp³-hybridized carbons (Fsp3) is 0.455. The molecule has 0 bridgehead atoms. The molecule has 78 valence electrons. The van der Waals surface area contributed by atoms with E-state index in [2.05, 4.69) is 0 Å². The van der Waals surface area contributed by atoms with Crippen LogP contribution in [0.5, 0.6) is 0 Å². The first kappa shape index (κ1) is 11.1. The quantitative estimate of drug-likeness (QED) is 0.725. The van der Waals surface area contributed by atoms with Gasteiger partial charge in [-0.25, -0.2) is 8.78 Å². The summed E-state index contributed by atoms with van der Waals surface area (Å²) in [6.07, 6.45) is 0.807. The lowest BCUT2D eigenvalue weighted by atomic mass is 9.98. The van der Waals surface area contributed by atoms with Gasteiger partial charge in [-0.3, -0.25) is 0 Å². The van der Waals surface area contributed by atoms with Crippen LogP contribution in [0, 0.1) is 11.6 Å². The Bertz CT molecular complexity index is 299. The third-order valence-electron chi connectivity index (χ3n) is 2.27. The number of halogens is 2. The van der Waals surface area contributed by atoms with Crippen LogP contribution in [0.15, 0.2) is 18.2 Å². The summed E-state index contributed by atoms with van der Waals surface area (Å²) in [5.41, 5.74) is 0.806. The van der Waals surface area contributed by atoms with Gasteiger partial charge < -0.3 is 4.74 Å². The van der Waals surface area contributed by atoms with E-state index < -0.39 is 11.6 Å². The van der Waals surface area contributed by atoms with Crippen LogP contribution in [0.25, 0.3) is 0 Å². The van der Waals surface area contributed by atoms with Crippen molar-refractivity contribution in [2.24, 2.45) is 0 Å². The van der Waals surface area contributed by atoms with Crippen molar-refractivity contribution in [3.63, 3.8) is 0 Å². The molecule has 0 aliphatic carbocycles. The molecule has 1 nitrogen and oxygen atoms in total. The first-order chi connectivity index (χ1) is 6.65. The number of benzene rings is 1. The van der Waals surface area contributed by atoms with Gasteiger partial charge in [0.25, 0.3) is 0 Å². The van der Waals surface area contributed by atoms with Gasteiger partial charge in [-0.2, -0.15) is 0 Å². The van der Waals surface area contributed by atoms with Gasteiger partial charge in [0.15, 0.2) is 11.6 Å². The van der Waals surface area contributed by atoms with Crippen molar-refractivity contribution in [3.05, 3.63) is 35.4 Å². The van der Waals surface area contributed by atoms with Crippen molar-refractivity contribution in [3.8, 4) is 0 Å². The van der Waals surface area contributed by atoms with Gasteiger partial charge >= 0.3 is 0 Å². The number of methoxy groups -OCH3 is 1. The number of ether oxygens (including phenoxy) is 1. The molecule has 3 heteroatoms. The van der Waals surface area contributed by atoms with Gasteiger partial charge in [0.2, 0.25) is 0 Å². The van der Waals surface area contributed by atoms with Crippen LogP contribution in [-0.4, -0.2) is 13.7 Å². The highest BCUT2D eigenvalue weighted by atomic mass is 19.2. The van der Waals surface area contributed by atoms with Crippen molar-refractivity contribution in [1.29, 1.82) is 0 Å². The Balaban J connectivity index is 2.70. The lowest BCUT2D eigenvalue weighted by Crippen LogP contribution is -2.00. The van der Waals surface area contributed by atoms with E-state index in [-0.39, 0.29) is 5.92 Å². The molecule has 0 aliphatic rings. The van der Waals surface area contributed by atoms with Crippen LogP contribution >= 0.6 is 0 Å². The predicted molar refractivity (Wildman–Crippen MR) is 51.3 cm³/mol. The Kier molecular flexibility index (Phi) is 4.01. The second-order valence-electron chi connectivity index (χ2n) is 3.36. The summed E-state index contributed by atoms with van der Waals surface area (Å²) >= 11 is 0. The Morgan fingerprint density at radius 1 is 1.29 bits per heavy atom. The largest absolute Gasteiger partial charge is 0.385 e. The summed E-state index contributed by atoms with van der Waals surface area (Å²) in [6, 6.07) is 4.02. The fourth-order valence-corrected chi connectivity index (χ4v) is 1.28. The summed E-state index contributed by atoms with van der Waals surface area (Å²) in [6.45, 7) is 2.59. The average Bonchev–Trinajstić information content (AvgIpc) is 2.18. The molecule has 1 unspecified atom stereocenters.